The van der Waals surface area contributed by atoms with Crippen LogP contribution in [0.4, 0.5) is 5.82 Å². The van der Waals surface area contributed by atoms with Crippen molar-refractivity contribution in [2.75, 3.05) is 25.6 Å². The average Bonchev–Trinajstić information content (AvgIpc) is 2.62. The number of rotatable bonds is 5. The van der Waals surface area contributed by atoms with Gasteiger partial charge >= 0.3 is 0 Å². The first-order valence-electron chi connectivity index (χ1n) is 7.10. The lowest BCUT2D eigenvalue weighted by Gasteiger charge is -2.10. The molecule has 0 fully saturated rings. The lowest BCUT2D eigenvalue weighted by molar-refractivity contribution is 0.210. The number of nitrogens with zero attached hydrogens (tertiary/aromatic N) is 4. The molecule has 2 aromatic heterocycles. The molecule has 0 aliphatic rings. The fourth-order valence-corrected chi connectivity index (χ4v) is 2.14. The Morgan fingerprint density at radius 1 is 1.17 bits per heavy atom. The maximum absolute atomic E-state index is 5.48. The van der Waals surface area contributed by atoms with Crippen LogP contribution < -0.4 is 5.32 Å². The summed E-state index contributed by atoms with van der Waals surface area (Å²) in [6, 6.07) is 7.37. The third-order valence-corrected chi connectivity index (χ3v) is 3.23. The molecule has 3 rings (SSSR count). The molecule has 6 heteroatoms. The summed E-state index contributed by atoms with van der Waals surface area (Å²) in [5.41, 5.74) is 1.56. The van der Waals surface area contributed by atoms with Gasteiger partial charge in [0.1, 0.15) is 5.82 Å². The largest absolute Gasteiger partial charge is 0.383 e. The van der Waals surface area contributed by atoms with Crippen molar-refractivity contribution in [3.05, 3.63) is 42.2 Å². The van der Waals surface area contributed by atoms with Crippen molar-refractivity contribution in [3.63, 3.8) is 0 Å². The molecule has 0 aliphatic carbocycles. The Morgan fingerprint density at radius 2 is 2.00 bits per heavy atom. The third kappa shape index (κ3) is 3.25. The standard InChI is InChI=1S/C17H15N5O/c1-3-12-5-6-14-13(11-12)15(20-9-10-23-2)22-17(21-14)16-18-7-4-8-19-16/h1,4-8,11H,9-10H2,2H3,(H,20,21,22). The molecule has 2 heterocycles. The number of nitrogens with one attached hydrogen (secondary N) is 1. The number of hydrogen-bond donors (Lipinski definition) is 1. The Bertz CT molecular complexity index is 858. The predicted octanol–water partition coefficient (Wildman–Crippen LogP) is 2.13. The van der Waals surface area contributed by atoms with E-state index in [9.17, 15) is 0 Å². The van der Waals surface area contributed by atoms with E-state index in [0.29, 0.717) is 30.6 Å². The number of methoxy groups -OCH3 is 1. The Kier molecular flexibility index (Phi) is 4.41. The van der Waals surface area contributed by atoms with Crippen LogP contribution in [0.3, 0.4) is 0 Å². The van der Waals surface area contributed by atoms with Crippen LogP contribution in [0.2, 0.25) is 0 Å². The van der Waals surface area contributed by atoms with Gasteiger partial charge in [0.05, 0.1) is 12.1 Å². The van der Waals surface area contributed by atoms with Gasteiger partial charge in [0.15, 0.2) is 11.6 Å². The Morgan fingerprint density at radius 3 is 2.74 bits per heavy atom. The second-order valence-corrected chi connectivity index (χ2v) is 4.76. The summed E-state index contributed by atoms with van der Waals surface area (Å²) in [5, 5.41) is 4.11. The van der Waals surface area contributed by atoms with Crippen molar-refractivity contribution < 1.29 is 4.74 Å². The summed E-state index contributed by atoms with van der Waals surface area (Å²) in [7, 11) is 1.65. The number of fused-ring (bicyclic) bond motifs is 1. The first-order chi connectivity index (χ1) is 11.3. The van der Waals surface area contributed by atoms with E-state index in [-0.39, 0.29) is 0 Å². The molecule has 0 radical (unpaired) electrons. The van der Waals surface area contributed by atoms with Crippen LogP contribution >= 0.6 is 0 Å². The maximum atomic E-state index is 5.48. The number of hydrogen-bond acceptors (Lipinski definition) is 6. The molecule has 3 aromatic rings. The van der Waals surface area contributed by atoms with Crippen LogP contribution in [0, 0.1) is 12.3 Å². The SMILES string of the molecule is C#Cc1ccc2nc(-c3ncccn3)nc(NCCOC)c2c1. The number of anilines is 1. The van der Waals surface area contributed by atoms with Gasteiger partial charge < -0.3 is 10.1 Å². The van der Waals surface area contributed by atoms with Gasteiger partial charge in [0, 0.05) is 37.0 Å². The molecule has 0 saturated carbocycles. The van der Waals surface area contributed by atoms with Crippen molar-refractivity contribution in [3.8, 4) is 24.0 Å². The van der Waals surface area contributed by atoms with Crippen LogP contribution in [0.1, 0.15) is 5.56 Å². The normalized spacial score (nSPS) is 10.4. The first kappa shape index (κ1) is 14.9. The first-order valence-corrected chi connectivity index (χ1v) is 7.10. The van der Waals surface area contributed by atoms with Crippen molar-refractivity contribution in [1.29, 1.82) is 0 Å². The van der Waals surface area contributed by atoms with Gasteiger partial charge in [0.25, 0.3) is 0 Å². The molecule has 0 bridgehead atoms. The molecule has 0 spiro atoms. The lowest BCUT2D eigenvalue weighted by Crippen LogP contribution is -2.10. The highest BCUT2D eigenvalue weighted by Crippen LogP contribution is 2.24. The average molecular weight is 305 g/mol. The fraction of sp³-hybridized carbons (Fsp3) is 0.176. The number of benzene rings is 1. The number of ether oxygens (including phenoxy) is 1. The van der Waals surface area contributed by atoms with Crippen LogP contribution in [-0.4, -0.2) is 40.2 Å². The van der Waals surface area contributed by atoms with Gasteiger partial charge in [-0.15, -0.1) is 6.42 Å². The summed E-state index contributed by atoms with van der Waals surface area (Å²) < 4.78 is 5.07. The van der Waals surface area contributed by atoms with E-state index in [2.05, 4.69) is 31.2 Å². The highest BCUT2D eigenvalue weighted by molar-refractivity contribution is 5.91. The molecular weight excluding hydrogens is 290 g/mol. The van der Waals surface area contributed by atoms with E-state index in [1.165, 1.54) is 0 Å². The van der Waals surface area contributed by atoms with Crippen LogP contribution in [-0.2, 0) is 4.74 Å². The zero-order chi connectivity index (χ0) is 16.1. The van der Waals surface area contributed by atoms with Crippen molar-refractivity contribution in [1.82, 2.24) is 19.9 Å². The van der Waals surface area contributed by atoms with Crippen molar-refractivity contribution in [2.24, 2.45) is 0 Å². The van der Waals surface area contributed by atoms with Crippen LogP contribution in [0.25, 0.3) is 22.6 Å². The fourth-order valence-electron chi connectivity index (χ4n) is 2.14. The maximum Gasteiger partial charge on any atom is 0.200 e. The van der Waals surface area contributed by atoms with Gasteiger partial charge in [-0.2, -0.15) is 0 Å². The molecule has 0 saturated heterocycles. The Labute approximate surface area is 134 Å². The summed E-state index contributed by atoms with van der Waals surface area (Å²) in [5.74, 6) is 4.26. The monoisotopic (exact) mass is 305 g/mol. The predicted molar refractivity (Wildman–Crippen MR) is 88.9 cm³/mol. The smallest absolute Gasteiger partial charge is 0.200 e. The van der Waals surface area contributed by atoms with Gasteiger partial charge in [-0.05, 0) is 24.3 Å². The minimum absolute atomic E-state index is 0.464. The molecule has 0 unspecified atom stereocenters. The third-order valence-electron chi connectivity index (χ3n) is 3.23. The molecule has 23 heavy (non-hydrogen) atoms. The Hall–Kier alpha value is -3.04. The van der Waals surface area contributed by atoms with E-state index in [1.54, 1.807) is 25.6 Å². The number of terminal acetylenes is 1. The lowest BCUT2D eigenvalue weighted by atomic mass is 10.1. The molecule has 6 nitrogen and oxygen atoms in total. The molecule has 0 amide bonds. The molecule has 114 valence electrons. The van der Waals surface area contributed by atoms with Crippen LogP contribution in [0.5, 0.6) is 0 Å². The molecule has 1 N–H and O–H groups in total. The highest BCUT2D eigenvalue weighted by atomic mass is 16.5. The van der Waals surface area contributed by atoms with E-state index in [0.717, 1.165) is 16.5 Å². The summed E-state index contributed by atoms with van der Waals surface area (Å²) in [4.78, 5) is 17.5. The van der Waals surface area contributed by atoms with Gasteiger partial charge in [-0.1, -0.05) is 5.92 Å². The second-order valence-electron chi connectivity index (χ2n) is 4.76. The number of aromatic nitrogens is 4. The summed E-state index contributed by atoms with van der Waals surface area (Å²) in [6.07, 6.45) is 8.81. The topological polar surface area (TPSA) is 72.8 Å². The van der Waals surface area contributed by atoms with Gasteiger partial charge in [-0.3, -0.25) is 0 Å². The van der Waals surface area contributed by atoms with Crippen molar-refractivity contribution >= 4 is 16.7 Å². The summed E-state index contributed by atoms with van der Waals surface area (Å²) >= 11 is 0. The molecule has 1 aromatic carbocycles. The quantitative estimate of drug-likeness (QED) is 0.575. The van der Waals surface area contributed by atoms with Crippen molar-refractivity contribution in [2.45, 2.75) is 0 Å². The zero-order valence-electron chi connectivity index (χ0n) is 12.7. The Balaban J connectivity index is 2.12. The van der Waals surface area contributed by atoms with Gasteiger partial charge in [0.2, 0.25) is 0 Å². The second kappa shape index (κ2) is 6.81. The molecule has 0 aliphatic heterocycles. The van der Waals surface area contributed by atoms with E-state index >= 15 is 0 Å². The molecule has 0 atom stereocenters. The minimum atomic E-state index is 0.464. The van der Waals surface area contributed by atoms with Gasteiger partial charge in [-0.25, -0.2) is 19.9 Å². The van der Waals surface area contributed by atoms with E-state index in [1.807, 2.05) is 18.2 Å². The van der Waals surface area contributed by atoms with E-state index < -0.39 is 0 Å². The minimum Gasteiger partial charge on any atom is -0.383 e. The highest BCUT2D eigenvalue weighted by Gasteiger charge is 2.11. The zero-order valence-corrected chi connectivity index (χ0v) is 12.7. The van der Waals surface area contributed by atoms with E-state index in [4.69, 9.17) is 11.2 Å². The molecular formula is C17H15N5O. The van der Waals surface area contributed by atoms with Crippen LogP contribution in [0.15, 0.2) is 36.7 Å². The summed E-state index contributed by atoms with van der Waals surface area (Å²) in [6.45, 7) is 1.19.